The Morgan fingerprint density at radius 1 is 0.353 bits per heavy atom. The third-order valence-electron chi connectivity index (χ3n) is 23.7. The number of nitrogens with two attached hydrogens (primary N) is 5. The fourth-order valence-electron chi connectivity index (χ4n) is 16.2. The minimum atomic E-state index is -0.905. The van der Waals surface area contributed by atoms with Crippen molar-refractivity contribution in [3.05, 3.63) is 304 Å². The lowest BCUT2D eigenvalue weighted by Crippen LogP contribution is -2.33. The Morgan fingerprint density at radius 3 is 0.955 bits per heavy atom. The number of benzene rings is 8. The van der Waals surface area contributed by atoms with Crippen molar-refractivity contribution in [1.82, 2.24) is 61.1 Å². The molecule has 12 aromatic rings. The summed E-state index contributed by atoms with van der Waals surface area (Å²) in [5, 5.41) is 59.3. The molecule has 2 saturated heterocycles. The number of hydrogen-bond acceptors (Lipinski definition) is 24. The van der Waals surface area contributed by atoms with Crippen molar-refractivity contribution in [3.63, 3.8) is 0 Å². The summed E-state index contributed by atoms with van der Waals surface area (Å²) in [6, 6.07) is 44.0. The Kier molecular flexibility index (Phi) is 34.8. The Labute approximate surface area is 791 Å². The zero-order valence-corrected chi connectivity index (χ0v) is 76.6. The van der Waals surface area contributed by atoms with Gasteiger partial charge in [-0.05, 0) is 223 Å². The zero-order chi connectivity index (χ0) is 94.4. The van der Waals surface area contributed by atoms with Crippen LogP contribution in [0.4, 0.5) is 45.2 Å². The number of rotatable bonds is 24. The number of halogens is 7. The zero-order valence-electron chi connectivity index (χ0n) is 72.3. The quantitative estimate of drug-likeness (QED) is 0.0197. The van der Waals surface area contributed by atoms with Gasteiger partial charge in [0, 0.05) is 86.0 Å². The van der Waals surface area contributed by atoms with Gasteiger partial charge in [0.05, 0.1) is 126 Å². The van der Waals surface area contributed by atoms with Crippen LogP contribution < -0.4 is 49.9 Å². The van der Waals surface area contributed by atoms with Crippen molar-refractivity contribution < 1.29 is 76.1 Å². The number of nitrogens with one attached hydrogen (secondary N) is 4. The van der Waals surface area contributed by atoms with Gasteiger partial charge in [0.2, 0.25) is 0 Å². The molecule has 4 aromatic heterocycles. The Morgan fingerprint density at radius 2 is 0.647 bits per heavy atom. The van der Waals surface area contributed by atoms with Gasteiger partial charge in [-0.2, -0.15) is 0 Å². The van der Waals surface area contributed by atoms with E-state index in [0.29, 0.717) is 106 Å². The highest BCUT2D eigenvalue weighted by molar-refractivity contribution is 14.1. The van der Waals surface area contributed by atoms with Crippen molar-refractivity contribution in [2.75, 3.05) is 75.7 Å². The number of aliphatic hydroxyl groups excluding tert-OH is 5. The molecular formula is C98H102F5I2N17O11. The number of aliphatic hydroxyl groups is 5. The van der Waals surface area contributed by atoms with E-state index in [2.05, 4.69) is 83.7 Å². The SMILES string of the molecule is NC[C@@H](NC(=O)c1ccc(-c2nc(C3CCOCC3)cnc2N)cc1F)c1ccccc1.Nc1ncc(C2CCC(O)CC2)nc1-c1ccc(C(=O)N[C@H](CO)c2cc(F)cc(I)c2)c(F)c1.Nc1ncc(C2CCC(O)CC2)nc1-c1ccc(C(=O)N[C@H](CO)c2cccc(I)c2)c(F)c1.Nc1ncc(C2CCOCC2)nc1-c1ccc(C(=O)N[C@H](CO)c2ccccc2)c(F)c1. The van der Waals surface area contributed by atoms with Gasteiger partial charge in [-0.25, -0.2) is 61.8 Å². The second kappa shape index (κ2) is 47.0. The topological polar surface area (TPSA) is 469 Å². The van der Waals surface area contributed by atoms with Crippen LogP contribution in [0.25, 0.3) is 45.0 Å². The molecular weight excluding hydrogens is 1940 g/mol. The lowest BCUT2D eigenvalue weighted by atomic mass is 9.85. The number of anilines is 4. The molecule has 4 aliphatic rings. The normalized spacial score (nSPS) is 17.2. The van der Waals surface area contributed by atoms with Gasteiger partial charge in [0.25, 0.3) is 23.6 Å². The van der Waals surface area contributed by atoms with Crippen molar-refractivity contribution in [2.45, 2.75) is 137 Å². The van der Waals surface area contributed by atoms with Crippen molar-refractivity contribution in [2.24, 2.45) is 5.73 Å². The van der Waals surface area contributed by atoms with Gasteiger partial charge < -0.3 is 84.9 Å². The first kappa shape index (κ1) is 98.5. The van der Waals surface area contributed by atoms with E-state index < -0.39 is 83.5 Å². The van der Waals surface area contributed by atoms with Gasteiger partial charge in [-0.15, -0.1) is 0 Å². The molecule has 16 rings (SSSR count). The standard InChI is InChI=1S/C25H25F2IN4O3.C25H26FIN4O3.C24H26FN5O2.C24H25FN4O3/c26-16-7-15(8-17(28)10-16)22(12-33)32-25(35)19-6-3-14(9-20(19)27)23-24(29)30-11-21(31-23)13-1-4-18(34)5-2-13;26-20-11-16(23-24(28)29-12-21(30-23)14-4-7-18(33)8-5-14)6-9-19(20)25(34)31-22(13-32)15-2-1-3-17(27)10-15;25-19-12-17(22-23(27)28-14-21(29-22)16-8-10-32-11-9-16)6-7-18(19)24(31)30-20(13-26)15-4-2-1-3-5-15;25-19-12-17(22-23(26)27-13-20(28-22)16-8-10-32-11-9-16)6-7-18(19)24(31)29-21(14-30)15-4-2-1-3-5-15/h3,6-11,13,18,22,33-34H,1-2,4-5,12H2,(H2,29,30)(H,32,35);1-3,6,9-12,14,18,22,32-33H,4-5,7-8,13H2,(H2,28,29)(H,31,34);1-7,12,14,16,20H,8-11,13,26H2,(H2,27,28)(H,30,31);1-7,12-13,16,21,30H,8-11,14H2,(H2,26,27)(H,29,31)/t13?,18?,22-;14?,18?,22-;20-;21-/m1111/s1. The first-order valence-corrected chi connectivity index (χ1v) is 45.7. The minimum Gasteiger partial charge on any atom is -0.394 e. The van der Waals surface area contributed by atoms with Crippen molar-refractivity contribution >= 4 is 92.1 Å². The van der Waals surface area contributed by atoms with E-state index in [-0.39, 0.29) is 101 Å². The van der Waals surface area contributed by atoms with Gasteiger partial charge in [0.1, 0.15) is 75.1 Å². The van der Waals surface area contributed by atoms with Gasteiger partial charge in [0.15, 0.2) is 0 Å². The number of ether oxygens (including phenoxy) is 2. The van der Waals surface area contributed by atoms with Crippen LogP contribution in [0.2, 0.25) is 0 Å². The van der Waals surface area contributed by atoms with Gasteiger partial charge >= 0.3 is 0 Å². The molecule has 694 valence electrons. The molecule has 133 heavy (non-hydrogen) atoms. The van der Waals surface area contributed by atoms with Crippen LogP contribution in [0, 0.1) is 36.2 Å². The van der Waals surface area contributed by atoms with Gasteiger partial charge in [-0.3, -0.25) is 19.2 Å². The molecule has 0 spiro atoms. The fourth-order valence-corrected chi connectivity index (χ4v) is 17.4. The van der Waals surface area contributed by atoms with Crippen molar-refractivity contribution in [3.8, 4) is 45.0 Å². The molecule has 4 amide bonds. The number of nitrogen functional groups attached to an aromatic ring is 4. The Bertz CT molecular complexity index is 5850. The maximum atomic E-state index is 15.0. The number of amides is 4. The summed E-state index contributed by atoms with van der Waals surface area (Å²) in [6.07, 6.45) is 15.4. The second-order valence-corrected chi connectivity index (χ2v) is 35.1. The second-order valence-electron chi connectivity index (χ2n) is 32.6. The highest BCUT2D eigenvalue weighted by Crippen LogP contribution is 2.39. The molecule has 2 saturated carbocycles. The van der Waals surface area contributed by atoms with Crippen molar-refractivity contribution in [1.29, 1.82) is 0 Å². The summed E-state index contributed by atoms with van der Waals surface area (Å²) in [5.74, 6) is -4.43. The predicted molar refractivity (Wildman–Crippen MR) is 510 cm³/mol. The van der Waals surface area contributed by atoms with Crippen LogP contribution in [0.5, 0.6) is 0 Å². The molecule has 35 heteroatoms. The molecule has 0 radical (unpaired) electrons. The highest BCUT2D eigenvalue weighted by atomic mass is 127. The third-order valence-corrected chi connectivity index (χ3v) is 25.0. The Hall–Kier alpha value is -12.1. The molecule has 0 bridgehead atoms. The molecule has 4 fully saturated rings. The molecule has 6 heterocycles. The summed E-state index contributed by atoms with van der Waals surface area (Å²) in [7, 11) is 0. The highest BCUT2D eigenvalue weighted by Gasteiger charge is 2.31. The van der Waals surface area contributed by atoms with E-state index in [0.717, 1.165) is 94.4 Å². The molecule has 2 aliphatic carbocycles. The number of carbonyl (C=O) groups is 4. The van der Waals surface area contributed by atoms with Crippen LogP contribution in [-0.2, 0) is 9.47 Å². The molecule has 2 aliphatic heterocycles. The first-order valence-electron chi connectivity index (χ1n) is 43.5. The molecule has 19 N–H and O–H groups in total. The average Bonchev–Trinajstić information content (AvgIpc) is 0.807. The van der Waals surface area contributed by atoms with E-state index in [4.69, 9.17) is 38.1 Å². The van der Waals surface area contributed by atoms with Crippen LogP contribution in [-0.4, -0.2) is 154 Å². The van der Waals surface area contributed by atoms with Crippen LogP contribution in [0.1, 0.15) is 211 Å². The lowest BCUT2D eigenvalue weighted by molar-refractivity contribution is 0.0843. The third kappa shape index (κ3) is 25.9. The number of aromatic nitrogens is 8. The van der Waals surface area contributed by atoms with E-state index in [1.54, 1.807) is 79.4 Å². The molecule has 0 unspecified atom stereocenters. The largest absolute Gasteiger partial charge is 0.394 e. The predicted octanol–water partition coefficient (Wildman–Crippen LogP) is 14.5. The van der Waals surface area contributed by atoms with E-state index in [9.17, 15) is 66.7 Å². The van der Waals surface area contributed by atoms with Crippen LogP contribution in [0.3, 0.4) is 0 Å². The number of carbonyl (C=O) groups excluding carboxylic acids is 4. The smallest absolute Gasteiger partial charge is 0.254 e. The monoisotopic (exact) mass is 2040 g/mol. The summed E-state index contributed by atoms with van der Waals surface area (Å²) in [5.41, 5.74) is 38.3. The summed E-state index contributed by atoms with van der Waals surface area (Å²) >= 11 is 4.08. The minimum absolute atomic E-state index is 0.0738. The Balaban J connectivity index is 0.000000151. The maximum absolute atomic E-state index is 15.0. The number of hydrogen-bond donors (Lipinski definition) is 14. The van der Waals surface area contributed by atoms with Crippen LogP contribution >= 0.6 is 45.2 Å². The fraction of sp³-hybridized carbons (Fsp3) is 0.306. The summed E-state index contributed by atoms with van der Waals surface area (Å²) in [6.45, 7) is 1.78. The lowest BCUT2D eigenvalue weighted by Gasteiger charge is -2.25. The van der Waals surface area contributed by atoms with Crippen LogP contribution in [0.15, 0.2) is 201 Å². The summed E-state index contributed by atoms with van der Waals surface area (Å²) in [4.78, 5) is 86.4. The van der Waals surface area contributed by atoms with E-state index in [1.165, 1.54) is 66.7 Å². The van der Waals surface area contributed by atoms with E-state index in [1.807, 2.05) is 77.2 Å². The first-order chi connectivity index (χ1) is 64.2. The maximum Gasteiger partial charge on any atom is 0.254 e. The molecule has 8 aromatic carbocycles. The average molecular weight is 2040 g/mol. The molecule has 28 nitrogen and oxygen atoms in total. The van der Waals surface area contributed by atoms with E-state index >= 15 is 0 Å². The summed E-state index contributed by atoms with van der Waals surface area (Å²) < 4.78 is 86.0. The molecule has 4 atom stereocenters. The number of nitrogens with zero attached hydrogens (tertiary/aromatic N) is 8. The van der Waals surface area contributed by atoms with Gasteiger partial charge in [-0.1, -0.05) is 97.1 Å².